The number of carbonyl (C=O) groups is 2. The summed E-state index contributed by atoms with van der Waals surface area (Å²) in [7, 11) is 0. The van der Waals surface area contributed by atoms with Crippen LogP contribution in [0.5, 0.6) is 0 Å². The maximum absolute atomic E-state index is 11.2. The highest BCUT2D eigenvalue weighted by Crippen LogP contribution is 2.22. The number of nitrogens with one attached hydrogen (secondary N) is 2. The molecule has 128 valence electrons. The highest BCUT2D eigenvalue weighted by atomic mass is 19.4. The molecule has 1 aliphatic heterocycles. The van der Waals surface area contributed by atoms with Crippen molar-refractivity contribution in [2.75, 3.05) is 23.7 Å². The molecule has 0 aromatic heterocycles. The van der Waals surface area contributed by atoms with Crippen molar-refractivity contribution in [3.05, 3.63) is 24.3 Å². The molecule has 2 rings (SSSR count). The molecule has 0 saturated heterocycles. The molecular weight excluding hydrogens is 334 g/mol. The highest BCUT2D eigenvalue weighted by Gasteiger charge is 2.49. The molecule has 1 aromatic rings. The number of esters is 2. The fourth-order valence-electron chi connectivity index (χ4n) is 1.39. The van der Waals surface area contributed by atoms with Crippen LogP contribution in [0.4, 0.5) is 37.7 Å². The lowest BCUT2D eigenvalue weighted by Gasteiger charge is -2.18. The fourth-order valence-corrected chi connectivity index (χ4v) is 1.39. The Bertz CT molecular complexity index is 522. The highest BCUT2D eigenvalue weighted by molar-refractivity contribution is 5.90. The Morgan fingerprint density at radius 1 is 0.826 bits per heavy atom. The minimum absolute atomic E-state index is 1.02. The average molecular weight is 344 g/mol. The van der Waals surface area contributed by atoms with Crippen LogP contribution in [0.3, 0.4) is 0 Å². The van der Waals surface area contributed by atoms with Gasteiger partial charge in [0.2, 0.25) is 0 Å². The van der Waals surface area contributed by atoms with Gasteiger partial charge < -0.3 is 15.4 Å². The van der Waals surface area contributed by atoms with Gasteiger partial charge in [-0.05, 0) is 12.1 Å². The fraction of sp³-hybridized carbons (Fsp3) is 0.333. The van der Waals surface area contributed by atoms with Crippen molar-refractivity contribution in [3.8, 4) is 0 Å². The first-order valence-electron chi connectivity index (χ1n) is 5.98. The number of benzene rings is 1. The maximum atomic E-state index is 11.2. The van der Waals surface area contributed by atoms with E-state index in [2.05, 4.69) is 27.5 Å². The number of alkyl halides is 6. The van der Waals surface area contributed by atoms with Crippen LogP contribution in [-0.2, 0) is 14.3 Å². The van der Waals surface area contributed by atoms with Crippen LogP contribution in [0.1, 0.15) is 0 Å². The molecule has 11 heteroatoms. The van der Waals surface area contributed by atoms with E-state index < -0.39 is 24.3 Å². The summed E-state index contributed by atoms with van der Waals surface area (Å²) in [6.07, 6.45) is -11.2. The van der Waals surface area contributed by atoms with E-state index in [4.69, 9.17) is 0 Å². The van der Waals surface area contributed by atoms with Crippen LogP contribution in [0.15, 0.2) is 24.3 Å². The lowest BCUT2D eigenvalue weighted by atomic mass is 10.2. The second-order valence-electron chi connectivity index (χ2n) is 4.07. The van der Waals surface area contributed by atoms with Crippen LogP contribution >= 0.6 is 0 Å². The van der Waals surface area contributed by atoms with Gasteiger partial charge in [-0.25, -0.2) is 9.59 Å². The Kier molecular flexibility index (Phi) is 5.82. The van der Waals surface area contributed by atoms with Crippen LogP contribution in [0.25, 0.3) is 0 Å². The van der Waals surface area contributed by atoms with Gasteiger partial charge in [0.15, 0.2) is 0 Å². The van der Waals surface area contributed by atoms with Gasteiger partial charge in [-0.15, -0.1) is 0 Å². The normalized spacial score (nSPS) is 13.5. The molecule has 1 aromatic carbocycles. The molecule has 0 aliphatic carbocycles. The van der Waals surface area contributed by atoms with Crippen molar-refractivity contribution >= 4 is 23.3 Å². The van der Waals surface area contributed by atoms with Gasteiger partial charge in [-0.2, -0.15) is 26.3 Å². The number of anilines is 2. The SMILES string of the molecule is O=C(OC(=O)C(F)(F)F)C(F)(F)F.c1ccc2c(c1)NCCN2. The monoisotopic (exact) mass is 344 g/mol. The second-order valence-corrected chi connectivity index (χ2v) is 4.07. The number of halogens is 6. The summed E-state index contributed by atoms with van der Waals surface area (Å²) in [6, 6.07) is 8.25. The summed E-state index contributed by atoms with van der Waals surface area (Å²) in [4.78, 5) is 19.3. The lowest BCUT2D eigenvalue weighted by molar-refractivity contribution is -0.221. The number of carbonyl (C=O) groups excluding carboxylic acids is 2. The quantitative estimate of drug-likeness (QED) is 0.430. The minimum atomic E-state index is -5.62. The third-order valence-electron chi connectivity index (χ3n) is 2.33. The van der Waals surface area contributed by atoms with Gasteiger partial charge in [0, 0.05) is 13.1 Å². The van der Waals surface area contributed by atoms with Gasteiger partial charge in [0.25, 0.3) is 0 Å². The van der Waals surface area contributed by atoms with Gasteiger partial charge in [0.05, 0.1) is 11.4 Å². The van der Waals surface area contributed by atoms with Crippen molar-refractivity contribution in [2.24, 2.45) is 0 Å². The van der Waals surface area contributed by atoms with E-state index in [1.54, 1.807) is 0 Å². The predicted octanol–water partition coefficient (Wildman–Crippen LogP) is 2.70. The first-order valence-corrected chi connectivity index (χ1v) is 5.98. The number of ether oxygens (including phenoxy) is 1. The van der Waals surface area contributed by atoms with Gasteiger partial charge in [-0.3, -0.25) is 0 Å². The number of fused-ring (bicyclic) bond motifs is 1. The van der Waals surface area contributed by atoms with Crippen LogP contribution in [0, 0.1) is 0 Å². The topological polar surface area (TPSA) is 67.4 Å². The number of para-hydroxylation sites is 2. The third kappa shape index (κ3) is 6.04. The van der Waals surface area contributed by atoms with Crippen molar-refractivity contribution in [1.29, 1.82) is 0 Å². The van der Waals surface area contributed by atoms with Gasteiger partial charge in [0.1, 0.15) is 0 Å². The van der Waals surface area contributed by atoms with Crippen molar-refractivity contribution in [1.82, 2.24) is 0 Å². The Morgan fingerprint density at radius 3 is 1.48 bits per heavy atom. The Morgan fingerprint density at radius 2 is 1.17 bits per heavy atom. The molecule has 0 unspecified atom stereocenters. The molecular formula is C12H10F6N2O3. The molecule has 0 fully saturated rings. The third-order valence-corrected chi connectivity index (χ3v) is 2.33. The second kappa shape index (κ2) is 7.20. The minimum Gasteiger partial charge on any atom is -0.382 e. The van der Waals surface area contributed by atoms with Crippen LogP contribution in [0.2, 0.25) is 0 Å². The lowest BCUT2D eigenvalue weighted by Crippen LogP contribution is -2.34. The summed E-state index contributed by atoms with van der Waals surface area (Å²) in [5.74, 6) is -6.40. The first-order chi connectivity index (χ1) is 10.5. The average Bonchev–Trinajstić information content (AvgIpc) is 2.46. The summed E-state index contributed by atoms with van der Waals surface area (Å²) in [5.41, 5.74) is 2.43. The number of hydrogen-bond acceptors (Lipinski definition) is 5. The molecule has 0 radical (unpaired) electrons. The van der Waals surface area contributed by atoms with E-state index in [0.29, 0.717) is 0 Å². The van der Waals surface area contributed by atoms with Crippen molar-refractivity contribution in [2.45, 2.75) is 12.4 Å². The molecule has 0 spiro atoms. The Balaban J connectivity index is 0.000000235. The molecule has 1 aliphatic rings. The molecule has 5 nitrogen and oxygen atoms in total. The number of rotatable bonds is 0. The Labute approximate surface area is 125 Å². The molecule has 0 saturated carbocycles. The molecule has 2 N–H and O–H groups in total. The summed E-state index contributed by atoms with van der Waals surface area (Å²) in [6.45, 7) is 2.05. The first kappa shape index (κ1) is 18.6. The van der Waals surface area contributed by atoms with E-state index in [1.807, 2.05) is 12.1 Å². The summed E-state index contributed by atoms with van der Waals surface area (Å²) < 4.78 is 69.7. The maximum Gasteiger partial charge on any atom is 0.491 e. The molecule has 1 heterocycles. The van der Waals surface area contributed by atoms with E-state index in [1.165, 1.54) is 11.4 Å². The summed E-state index contributed by atoms with van der Waals surface area (Å²) >= 11 is 0. The largest absolute Gasteiger partial charge is 0.491 e. The zero-order chi connectivity index (χ0) is 17.7. The predicted molar refractivity (Wildman–Crippen MR) is 66.6 cm³/mol. The van der Waals surface area contributed by atoms with Gasteiger partial charge >= 0.3 is 24.3 Å². The van der Waals surface area contributed by atoms with E-state index in [0.717, 1.165) is 13.1 Å². The van der Waals surface area contributed by atoms with Gasteiger partial charge in [-0.1, -0.05) is 12.1 Å². The molecule has 0 amide bonds. The number of hydrogen-bond donors (Lipinski definition) is 2. The van der Waals surface area contributed by atoms with E-state index >= 15 is 0 Å². The molecule has 0 bridgehead atoms. The molecule has 23 heavy (non-hydrogen) atoms. The summed E-state index contributed by atoms with van der Waals surface area (Å²) in [5, 5.41) is 6.60. The van der Waals surface area contributed by atoms with Crippen molar-refractivity contribution < 1.29 is 40.7 Å². The zero-order valence-corrected chi connectivity index (χ0v) is 11.2. The van der Waals surface area contributed by atoms with E-state index in [9.17, 15) is 35.9 Å². The van der Waals surface area contributed by atoms with Crippen molar-refractivity contribution in [3.63, 3.8) is 0 Å². The Hall–Kier alpha value is -2.46. The smallest absolute Gasteiger partial charge is 0.382 e. The van der Waals surface area contributed by atoms with Crippen LogP contribution < -0.4 is 10.6 Å². The van der Waals surface area contributed by atoms with E-state index in [-0.39, 0.29) is 0 Å². The molecule has 0 atom stereocenters. The standard InChI is InChI=1S/C8H10N2.C4F6O3/c1-2-4-8-7(3-1)9-5-6-10-8;5-3(6,7)1(11)13-2(12)4(8,9)10/h1-4,9-10H,5-6H2;. The van der Waals surface area contributed by atoms with Crippen LogP contribution in [-0.4, -0.2) is 37.4 Å². The zero-order valence-electron chi connectivity index (χ0n) is 11.2.